The molecule has 2 unspecified atom stereocenters. The summed E-state index contributed by atoms with van der Waals surface area (Å²) in [6, 6.07) is 7.73. The molecule has 0 saturated carbocycles. The number of aliphatic hydroxyl groups is 1. The van der Waals surface area contributed by atoms with Crippen LogP contribution in [0, 0.1) is 0 Å². The molecule has 2 heteroatoms. The van der Waals surface area contributed by atoms with Crippen molar-refractivity contribution in [3.8, 4) is 0 Å². The van der Waals surface area contributed by atoms with Gasteiger partial charge >= 0.3 is 0 Å². The average Bonchev–Trinajstić information content (AvgIpc) is 2.26. The Balaban J connectivity index is 2.59. The van der Waals surface area contributed by atoms with Crippen LogP contribution < -0.4 is 0 Å². The number of hydrogen-bond donors (Lipinski definition) is 1. The molecule has 0 aliphatic carbocycles. The minimum atomic E-state index is -0.244. The van der Waals surface area contributed by atoms with E-state index in [-0.39, 0.29) is 12.0 Å². The quantitative estimate of drug-likeness (QED) is 0.805. The highest BCUT2D eigenvalue weighted by Gasteiger charge is 2.15. The molecule has 1 aromatic rings. The fourth-order valence-corrected chi connectivity index (χ4v) is 1.78. The van der Waals surface area contributed by atoms with Crippen LogP contribution in [0.2, 0.25) is 5.02 Å². The van der Waals surface area contributed by atoms with Crippen LogP contribution in [-0.4, -0.2) is 11.2 Å². The molecule has 1 rings (SSSR count). The van der Waals surface area contributed by atoms with Crippen molar-refractivity contribution in [1.29, 1.82) is 0 Å². The number of halogens is 1. The molecule has 0 radical (unpaired) electrons. The van der Waals surface area contributed by atoms with Gasteiger partial charge in [-0.3, -0.25) is 0 Å². The van der Waals surface area contributed by atoms with Crippen molar-refractivity contribution < 1.29 is 5.11 Å². The van der Waals surface area contributed by atoms with Crippen molar-refractivity contribution in [2.24, 2.45) is 0 Å². The molecule has 1 N–H and O–H groups in total. The Morgan fingerprint density at radius 3 is 2.40 bits per heavy atom. The topological polar surface area (TPSA) is 20.2 Å². The van der Waals surface area contributed by atoms with E-state index in [0.717, 1.165) is 29.8 Å². The van der Waals surface area contributed by atoms with E-state index in [1.165, 1.54) is 0 Å². The van der Waals surface area contributed by atoms with Crippen LogP contribution in [0.15, 0.2) is 24.3 Å². The predicted octanol–water partition coefficient (Wildman–Crippen LogP) is 3.99. The summed E-state index contributed by atoms with van der Waals surface area (Å²) in [6.45, 7) is 4.20. The van der Waals surface area contributed by atoms with Crippen LogP contribution in [0.5, 0.6) is 0 Å². The highest BCUT2D eigenvalue weighted by Crippen LogP contribution is 2.23. The summed E-state index contributed by atoms with van der Waals surface area (Å²) in [7, 11) is 0. The zero-order valence-electron chi connectivity index (χ0n) is 9.41. The van der Waals surface area contributed by atoms with Crippen molar-refractivity contribution in [1.82, 2.24) is 0 Å². The smallest absolute Gasteiger partial charge is 0.0606 e. The second-order valence-corrected chi connectivity index (χ2v) is 4.49. The third-order valence-electron chi connectivity index (χ3n) is 2.83. The average molecular weight is 227 g/mol. The fraction of sp³-hybridized carbons (Fsp3) is 0.538. The summed E-state index contributed by atoms with van der Waals surface area (Å²) in [5.74, 6) is 0.189. The van der Waals surface area contributed by atoms with Gasteiger partial charge in [0.05, 0.1) is 6.10 Å². The van der Waals surface area contributed by atoms with Gasteiger partial charge in [0.25, 0.3) is 0 Å². The van der Waals surface area contributed by atoms with Crippen molar-refractivity contribution in [2.45, 2.75) is 45.1 Å². The summed E-state index contributed by atoms with van der Waals surface area (Å²) < 4.78 is 0. The van der Waals surface area contributed by atoms with Gasteiger partial charge in [-0.2, -0.15) is 0 Å². The molecule has 0 amide bonds. The van der Waals surface area contributed by atoms with Gasteiger partial charge in [0.2, 0.25) is 0 Å². The van der Waals surface area contributed by atoms with E-state index in [9.17, 15) is 5.11 Å². The standard InChI is InChI=1S/C13H19ClO/c1-3-4-5-13(15)10(2)11-6-8-12(14)9-7-11/h6-10,13,15H,3-5H2,1-2H3. The molecule has 0 aliphatic rings. The molecule has 0 aliphatic heterocycles. The van der Waals surface area contributed by atoms with E-state index in [4.69, 9.17) is 11.6 Å². The van der Waals surface area contributed by atoms with E-state index in [2.05, 4.69) is 13.8 Å². The molecular formula is C13H19ClO. The molecule has 15 heavy (non-hydrogen) atoms. The minimum Gasteiger partial charge on any atom is -0.393 e. The maximum absolute atomic E-state index is 9.94. The Bertz CT molecular complexity index is 281. The van der Waals surface area contributed by atoms with Crippen LogP contribution in [0.3, 0.4) is 0 Å². The van der Waals surface area contributed by atoms with Gasteiger partial charge in [-0.25, -0.2) is 0 Å². The van der Waals surface area contributed by atoms with E-state index in [1.807, 2.05) is 24.3 Å². The van der Waals surface area contributed by atoms with Crippen LogP contribution in [-0.2, 0) is 0 Å². The first-order valence-corrected chi connectivity index (χ1v) is 5.96. The number of hydrogen-bond acceptors (Lipinski definition) is 1. The Morgan fingerprint density at radius 2 is 1.87 bits per heavy atom. The minimum absolute atomic E-state index is 0.189. The lowest BCUT2D eigenvalue weighted by molar-refractivity contribution is 0.137. The summed E-state index contributed by atoms with van der Waals surface area (Å²) in [6.07, 6.45) is 2.84. The van der Waals surface area contributed by atoms with E-state index >= 15 is 0 Å². The van der Waals surface area contributed by atoms with E-state index < -0.39 is 0 Å². The monoisotopic (exact) mass is 226 g/mol. The van der Waals surface area contributed by atoms with Crippen molar-refractivity contribution >= 4 is 11.6 Å². The molecule has 1 nitrogen and oxygen atoms in total. The second kappa shape index (κ2) is 6.14. The summed E-state index contributed by atoms with van der Waals surface area (Å²) >= 11 is 5.82. The van der Waals surface area contributed by atoms with Crippen molar-refractivity contribution in [2.75, 3.05) is 0 Å². The maximum Gasteiger partial charge on any atom is 0.0606 e. The van der Waals surface area contributed by atoms with Gasteiger partial charge in [-0.05, 0) is 24.1 Å². The van der Waals surface area contributed by atoms with Gasteiger partial charge in [-0.1, -0.05) is 50.4 Å². The van der Waals surface area contributed by atoms with E-state index in [0.29, 0.717) is 0 Å². The van der Waals surface area contributed by atoms with Gasteiger partial charge in [-0.15, -0.1) is 0 Å². The number of aliphatic hydroxyl groups excluding tert-OH is 1. The molecule has 2 atom stereocenters. The molecule has 84 valence electrons. The molecule has 0 fully saturated rings. The SMILES string of the molecule is CCCCC(O)C(C)c1ccc(Cl)cc1. The molecule has 0 heterocycles. The molecule has 0 bridgehead atoms. The second-order valence-electron chi connectivity index (χ2n) is 4.05. The lowest BCUT2D eigenvalue weighted by Crippen LogP contribution is -2.15. The lowest BCUT2D eigenvalue weighted by atomic mass is 9.92. The van der Waals surface area contributed by atoms with Crippen LogP contribution >= 0.6 is 11.6 Å². The van der Waals surface area contributed by atoms with E-state index in [1.54, 1.807) is 0 Å². The lowest BCUT2D eigenvalue weighted by Gasteiger charge is -2.19. The van der Waals surface area contributed by atoms with Crippen LogP contribution in [0.1, 0.15) is 44.6 Å². The maximum atomic E-state index is 9.94. The molecule has 0 aromatic heterocycles. The van der Waals surface area contributed by atoms with Crippen LogP contribution in [0.25, 0.3) is 0 Å². The third kappa shape index (κ3) is 3.84. The normalized spacial score (nSPS) is 14.9. The summed E-state index contributed by atoms with van der Waals surface area (Å²) in [5.41, 5.74) is 1.16. The molecule has 0 saturated heterocycles. The molecular weight excluding hydrogens is 208 g/mol. The summed E-state index contributed by atoms with van der Waals surface area (Å²) in [5, 5.41) is 10.7. The summed E-state index contributed by atoms with van der Waals surface area (Å²) in [4.78, 5) is 0. The van der Waals surface area contributed by atoms with Gasteiger partial charge in [0, 0.05) is 10.9 Å². The highest BCUT2D eigenvalue weighted by atomic mass is 35.5. The Labute approximate surface area is 97.1 Å². The Kier molecular flexibility index (Phi) is 5.13. The van der Waals surface area contributed by atoms with Gasteiger partial charge in [0.1, 0.15) is 0 Å². The first-order valence-electron chi connectivity index (χ1n) is 5.58. The zero-order valence-corrected chi connectivity index (χ0v) is 10.2. The zero-order chi connectivity index (χ0) is 11.3. The number of benzene rings is 1. The van der Waals surface area contributed by atoms with Crippen molar-refractivity contribution in [3.63, 3.8) is 0 Å². The first kappa shape index (κ1) is 12.5. The van der Waals surface area contributed by atoms with Gasteiger partial charge < -0.3 is 5.11 Å². The Hall–Kier alpha value is -0.530. The third-order valence-corrected chi connectivity index (χ3v) is 3.08. The first-order chi connectivity index (χ1) is 7.15. The van der Waals surface area contributed by atoms with Crippen molar-refractivity contribution in [3.05, 3.63) is 34.9 Å². The van der Waals surface area contributed by atoms with Crippen LogP contribution in [0.4, 0.5) is 0 Å². The fourth-order valence-electron chi connectivity index (χ4n) is 1.65. The number of rotatable bonds is 5. The Morgan fingerprint density at radius 1 is 1.27 bits per heavy atom. The molecule has 0 spiro atoms. The predicted molar refractivity (Wildman–Crippen MR) is 65.4 cm³/mol. The van der Waals surface area contributed by atoms with Gasteiger partial charge in [0.15, 0.2) is 0 Å². The largest absolute Gasteiger partial charge is 0.393 e. The molecule has 1 aromatic carbocycles. The highest BCUT2D eigenvalue weighted by molar-refractivity contribution is 6.30. The number of unbranched alkanes of at least 4 members (excludes halogenated alkanes) is 1.